The fourth-order valence-corrected chi connectivity index (χ4v) is 5.05. The van der Waals surface area contributed by atoms with Crippen molar-refractivity contribution in [3.05, 3.63) is 89.0 Å². The standard InChI is InChI=1S/C36H49N5O9/c1-36(2,3)50-35(46)39-28-13-11-27(12-14-28)33(31-9-6-8-30(26-44)38-31)41(16-20-43)18-22-49-24-23-48-21-17-40(15-19-42)25-29-7-5-10-32(37-29)34(45)47-4/h5-14,26,33,42-43H,15-25H2,1-4H3,(H,39,46). The van der Waals surface area contributed by atoms with Crippen LogP contribution in [0.5, 0.6) is 0 Å². The summed E-state index contributed by atoms with van der Waals surface area (Å²) in [7, 11) is 1.31. The van der Waals surface area contributed by atoms with Gasteiger partial charge in [0.2, 0.25) is 0 Å². The number of aliphatic hydroxyl groups is 2. The van der Waals surface area contributed by atoms with Gasteiger partial charge in [0.05, 0.1) is 64.2 Å². The number of aromatic nitrogens is 2. The molecule has 0 aliphatic heterocycles. The van der Waals surface area contributed by atoms with Crippen LogP contribution >= 0.6 is 0 Å². The molecule has 2 heterocycles. The van der Waals surface area contributed by atoms with Crippen LogP contribution in [0.25, 0.3) is 0 Å². The highest BCUT2D eigenvalue weighted by Crippen LogP contribution is 2.29. The summed E-state index contributed by atoms with van der Waals surface area (Å²) < 4.78 is 21.8. The Bertz CT molecular complexity index is 1480. The molecule has 1 amide bonds. The van der Waals surface area contributed by atoms with Crippen molar-refractivity contribution in [2.45, 2.75) is 39.0 Å². The first kappa shape index (κ1) is 40.1. The molecule has 0 saturated heterocycles. The maximum absolute atomic E-state index is 12.3. The van der Waals surface area contributed by atoms with Gasteiger partial charge in [-0.15, -0.1) is 0 Å². The van der Waals surface area contributed by atoms with Crippen molar-refractivity contribution in [2.75, 3.05) is 78.2 Å². The van der Waals surface area contributed by atoms with Gasteiger partial charge in [0.1, 0.15) is 17.0 Å². The number of hydrogen-bond acceptors (Lipinski definition) is 13. The molecule has 14 heteroatoms. The summed E-state index contributed by atoms with van der Waals surface area (Å²) in [6.45, 7) is 8.79. The van der Waals surface area contributed by atoms with Gasteiger partial charge in [-0.3, -0.25) is 19.9 Å². The number of rotatable bonds is 21. The van der Waals surface area contributed by atoms with Gasteiger partial charge < -0.3 is 29.2 Å². The average molecular weight is 696 g/mol. The second-order valence-electron chi connectivity index (χ2n) is 12.2. The van der Waals surface area contributed by atoms with Gasteiger partial charge in [0, 0.05) is 38.4 Å². The Labute approximate surface area is 293 Å². The number of benzene rings is 1. The van der Waals surface area contributed by atoms with Crippen molar-refractivity contribution >= 4 is 24.0 Å². The van der Waals surface area contributed by atoms with E-state index in [1.54, 1.807) is 57.2 Å². The number of ether oxygens (including phenoxy) is 4. The summed E-state index contributed by atoms with van der Waals surface area (Å²) in [6.07, 6.45) is 0.129. The summed E-state index contributed by atoms with van der Waals surface area (Å²) in [5, 5.41) is 22.2. The Morgan fingerprint density at radius 2 is 1.54 bits per heavy atom. The highest BCUT2D eigenvalue weighted by atomic mass is 16.6. The molecular formula is C36H49N5O9. The number of pyridine rings is 2. The maximum atomic E-state index is 12.3. The van der Waals surface area contributed by atoms with Crippen LogP contribution in [0.4, 0.5) is 10.5 Å². The quantitative estimate of drug-likeness (QED) is 0.0843. The summed E-state index contributed by atoms with van der Waals surface area (Å²) in [4.78, 5) is 48.5. The van der Waals surface area contributed by atoms with Crippen LogP contribution in [-0.4, -0.2) is 127 Å². The predicted octanol–water partition coefficient (Wildman–Crippen LogP) is 3.33. The normalized spacial score (nSPS) is 12.2. The fraction of sp³-hybridized carbons (Fsp3) is 0.472. The molecule has 3 aromatic rings. The van der Waals surface area contributed by atoms with E-state index < -0.39 is 23.7 Å². The molecule has 272 valence electrons. The minimum absolute atomic E-state index is 0.0345. The van der Waals surface area contributed by atoms with Crippen molar-refractivity contribution in [3.8, 4) is 0 Å². The highest BCUT2D eigenvalue weighted by Gasteiger charge is 2.24. The highest BCUT2D eigenvalue weighted by molar-refractivity contribution is 5.87. The van der Waals surface area contributed by atoms with E-state index in [0.29, 0.717) is 82.5 Å². The van der Waals surface area contributed by atoms with Crippen LogP contribution in [0.1, 0.15) is 64.7 Å². The van der Waals surface area contributed by atoms with E-state index in [1.807, 2.05) is 34.1 Å². The maximum Gasteiger partial charge on any atom is 0.412 e. The predicted molar refractivity (Wildman–Crippen MR) is 186 cm³/mol. The lowest BCUT2D eigenvalue weighted by molar-refractivity contribution is 0.0245. The van der Waals surface area contributed by atoms with Gasteiger partial charge in [0.15, 0.2) is 6.29 Å². The van der Waals surface area contributed by atoms with Crippen LogP contribution in [0.3, 0.4) is 0 Å². The molecule has 3 N–H and O–H groups in total. The molecule has 0 aliphatic rings. The van der Waals surface area contributed by atoms with Gasteiger partial charge in [0.25, 0.3) is 0 Å². The minimum atomic E-state index is -0.634. The van der Waals surface area contributed by atoms with Gasteiger partial charge in [-0.1, -0.05) is 24.3 Å². The lowest BCUT2D eigenvalue weighted by atomic mass is 10.00. The summed E-state index contributed by atoms with van der Waals surface area (Å²) in [5.41, 5.74) is 2.57. The van der Waals surface area contributed by atoms with Crippen LogP contribution in [0, 0.1) is 0 Å². The van der Waals surface area contributed by atoms with Crippen molar-refractivity contribution in [3.63, 3.8) is 0 Å². The number of esters is 1. The average Bonchev–Trinajstić information content (AvgIpc) is 3.09. The number of nitrogens with one attached hydrogen (secondary N) is 1. The Morgan fingerprint density at radius 1 is 0.860 bits per heavy atom. The largest absolute Gasteiger partial charge is 0.464 e. The first-order chi connectivity index (χ1) is 24.1. The molecular weight excluding hydrogens is 646 g/mol. The molecule has 0 spiro atoms. The Hall–Kier alpha value is -4.31. The number of methoxy groups -OCH3 is 1. The fourth-order valence-electron chi connectivity index (χ4n) is 5.05. The number of anilines is 1. The van der Waals surface area contributed by atoms with Gasteiger partial charge in [-0.25, -0.2) is 19.6 Å². The number of amides is 1. The van der Waals surface area contributed by atoms with Crippen molar-refractivity contribution < 1.29 is 43.5 Å². The van der Waals surface area contributed by atoms with Crippen molar-refractivity contribution in [1.29, 1.82) is 0 Å². The number of carbonyl (C=O) groups excluding carboxylic acids is 3. The van der Waals surface area contributed by atoms with Crippen LogP contribution in [-0.2, 0) is 25.5 Å². The van der Waals surface area contributed by atoms with E-state index in [-0.39, 0.29) is 24.6 Å². The second-order valence-corrected chi connectivity index (χ2v) is 12.2. The number of hydrogen-bond donors (Lipinski definition) is 3. The van der Waals surface area contributed by atoms with Crippen molar-refractivity contribution in [1.82, 2.24) is 19.8 Å². The van der Waals surface area contributed by atoms with Gasteiger partial charge in [-0.2, -0.15) is 0 Å². The molecule has 0 bridgehead atoms. The van der Waals surface area contributed by atoms with Crippen LogP contribution in [0.15, 0.2) is 60.7 Å². The third-order valence-electron chi connectivity index (χ3n) is 7.27. The number of nitrogens with zero attached hydrogens (tertiary/aromatic N) is 4. The molecule has 1 unspecified atom stereocenters. The molecule has 14 nitrogen and oxygen atoms in total. The van der Waals surface area contributed by atoms with E-state index in [1.165, 1.54) is 7.11 Å². The first-order valence-corrected chi connectivity index (χ1v) is 16.5. The zero-order valence-corrected chi connectivity index (χ0v) is 29.2. The first-order valence-electron chi connectivity index (χ1n) is 16.5. The zero-order valence-electron chi connectivity index (χ0n) is 29.2. The lowest BCUT2D eigenvalue weighted by Gasteiger charge is -2.31. The Balaban J connectivity index is 1.55. The van der Waals surface area contributed by atoms with E-state index in [2.05, 4.69) is 15.3 Å². The monoisotopic (exact) mass is 695 g/mol. The Kier molecular flexibility index (Phi) is 16.9. The summed E-state index contributed by atoms with van der Waals surface area (Å²) >= 11 is 0. The third-order valence-corrected chi connectivity index (χ3v) is 7.27. The number of aldehydes is 1. The van der Waals surface area contributed by atoms with E-state index in [9.17, 15) is 24.6 Å². The van der Waals surface area contributed by atoms with E-state index >= 15 is 0 Å². The van der Waals surface area contributed by atoms with E-state index in [0.717, 1.165) is 5.56 Å². The smallest absolute Gasteiger partial charge is 0.412 e. The molecule has 50 heavy (non-hydrogen) atoms. The molecule has 0 fully saturated rings. The Morgan fingerprint density at radius 3 is 2.18 bits per heavy atom. The number of carbonyl (C=O) groups is 3. The molecule has 0 radical (unpaired) electrons. The van der Waals surface area contributed by atoms with Crippen molar-refractivity contribution in [2.24, 2.45) is 0 Å². The molecule has 1 atom stereocenters. The third kappa shape index (κ3) is 13.9. The lowest BCUT2D eigenvalue weighted by Crippen LogP contribution is -2.36. The van der Waals surface area contributed by atoms with Gasteiger partial charge in [-0.05, 0) is 62.7 Å². The second kappa shape index (κ2) is 21.0. The topological polar surface area (TPSA) is 173 Å². The molecule has 1 aromatic carbocycles. The summed E-state index contributed by atoms with van der Waals surface area (Å²) in [5.74, 6) is -0.508. The molecule has 3 rings (SSSR count). The molecule has 0 saturated carbocycles. The zero-order chi connectivity index (χ0) is 36.4. The van der Waals surface area contributed by atoms with Crippen LogP contribution in [0.2, 0.25) is 0 Å². The molecule has 2 aromatic heterocycles. The summed E-state index contributed by atoms with van der Waals surface area (Å²) in [6, 6.07) is 17.2. The SMILES string of the molecule is COC(=O)c1cccc(CN(CCO)CCOCCOCCN(CCO)C(c2ccc(NC(=O)OC(C)(C)C)cc2)c2cccc(C=O)n2)n1. The molecule has 0 aliphatic carbocycles. The number of aliphatic hydroxyl groups excluding tert-OH is 2. The minimum Gasteiger partial charge on any atom is -0.464 e. The van der Waals surface area contributed by atoms with E-state index in [4.69, 9.17) is 18.9 Å². The van der Waals surface area contributed by atoms with Gasteiger partial charge >= 0.3 is 12.1 Å². The van der Waals surface area contributed by atoms with Crippen LogP contribution < -0.4 is 5.32 Å².